The van der Waals surface area contributed by atoms with Gasteiger partial charge < -0.3 is 20.4 Å². The molecule has 1 aliphatic heterocycles. The molecule has 130 valence electrons. The second-order valence-corrected chi connectivity index (χ2v) is 5.72. The van der Waals surface area contributed by atoms with E-state index in [-0.39, 0.29) is 12.2 Å². The van der Waals surface area contributed by atoms with E-state index < -0.39 is 29.3 Å². The summed E-state index contributed by atoms with van der Waals surface area (Å²) in [5.74, 6) is -2.05. The van der Waals surface area contributed by atoms with Gasteiger partial charge in [0.1, 0.15) is 5.82 Å². The van der Waals surface area contributed by atoms with Gasteiger partial charge in [0, 0.05) is 13.0 Å². The Balaban J connectivity index is 2.25. The van der Waals surface area contributed by atoms with Gasteiger partial charge in [0.15, 0.2) is 11.5 Å². The zero-order chi connectivity index (χ0) is 17.7. The maximum absolute atomic E-state index is 13.6. The van der Waals surface area contributed by atoms with Gasteiger partial charge >= 0.3 is 0 Å². The highest BCUT2D eigenvalue weighted by Gasteiger charge is 2.42. The van der Waals surface area contributed by atoms with Crippen LogP contribution in [0.15, 0.2) is 35.6 Å². The number of carbonyl (C=O) groups is 2. The molecule has 1 heterocycles. The lowest BCUT2D eigenvalue weighted by Crippen LogP contribution is -2.85. The second-order valence-electron chi connectivity index (χ2n) is 5.72. The minimum absolute atomic E-state index is 0.00457. The fourth-order valence-electron chi connectivity index (χ4n) is 2.91. The van der Waals surface area contributed by atoms with Crippen molar-refractivity contribution in [3.63, 3.8) is 0 Å². The first-order valence-corrected chi connectivity index (χ1v) is 7.90. The van der Waals surface area contributed by atoms with Crippen molar-refractivity contribution in [2.45, 2.75) is 19.4 Å². The summed E-state index contributed by atoms with van der Waals surface area (Å²) in [4.78, 5) is 25.6. The number of halogens is 1. The van der Waals surface area contributed by atoms with Gasteiger partial charge in [-0.25, -0.2) is 4.39 Å². The van der Waals surface area contributed by atoms with E-state index in [1.807, 2.05) is 5.32 Å². The van der Waals surface area contributed by atoms with Crippen LogP contribution in [0.25, 0.3) is 0 Å². The van der Waals surface area contributed by atoms with Crippen LogP contribution < -0.4 is 5.32 Å². The molecule has 4 N–H and O–H groups in total. The summed E-state index contributed by atoms with van der Waals surface area (Å²) >= 11 is 0. The van der Waals surface area contributed by atoms with Crippen LogP contribution in [0.3, 0.4) is 0 Å². The maximum atomic E-state index is 13.6. The lowest BCUT2D eigenvalue weighted by atomic mass is 9.96. The number of ketones is 1. The SMILES string of the molecule is CC(=O)C1=C(O)C(=O)N(CCC[NH2+]CCO)[C@@H]1c1cccc(F)c1. The third-order valence-electron chi connectivity index (χ3n) is 3.99. The molecule has 1 aliphatic rings. The van der Waals surface area contributed by atoms with Crippen LogP contribution >= 0.6 is 0 Å². The number of amides is 1. The lowest BCUT2D eigenvalue weighted by Gasteiger charge is -2.26. The molecule has 2 rings (SSSR count). The molecule has 0 saturated carbocycles. The molecule has 0 aromatic heterocycles. The maximum Gasteiger partial charge on any atom is 0.290 e. The number of carbonyl (C=O) groups excluding carboxylic acids is 2. The van der Waals surface area contributed by atoms with Crippen molar-refractivity contribution < 1.29 is 29.5 Å². The van der Waals surface area contributed by atoms with Crippen molar-refractivity contribution in [1.29, 1.82) is 0 Å². The molecule has 0 saturated heterocycles. The van der Waals surface area contributed by atoms with Gasteiger partial charge in [-0.2, -0.15) is 0 Å². The standard InChI is InChI=1S/C17H21FN2O4/c1-11(22)14-15(12-4-2-5-13(18)10-12)20(17(24)16(14)23)8-3-6-19-7-9-21/h2,4-5,10,15,19,21,23H,3,6-9H2,1H3/p+1/t15-/m1/s1. The minimum Gasteiger partial charge on any atom is -0.503 e. The van der Waals surface area contributed by atoms with Crippen molar-refractivity contribution in [3.8, 4) is 0 Å². The number of quaternary nitrogens is 1. The number of Topliss-reactive ketones (excluding diaryl/α,β-unsaturated/α-hetero) is 1. The van der Waals surface area contributed by atoms with Gasteiger partial charge in [-0.15, -0.1) is 0 Å². The van der Waals surface area contributed by atoms with Gasteiger partial charge in [0.2, 0.25) is 0 Å². The van der Waals surface area contributed by atoms with E-state index in [2.05, 4.69) is 0 Å². The van der Waals surface area contributed by atoms with E-state index in [4.69, 9.17) is 5.11 Å². The van der Waals surface area contributed by atoms with Gasteiger partial charge in [-0.3, -0.25) is 9.59 Å². The van der Waals surface area contributed by atoms with E-state index >= 15 is 0 Å². The number of aliphatic hydroxyl groups excluding tert-OH is 2. The lowest BCUT2D eigenvalue weighted by molar-refractivity contribution is -0.656. The third kappa shape index (κ3) is 3.80. The molecule has 0 unspecified atom stereocenters. The molecule has 7 heteroatoms. The summed E-state index contributed by atoms with van der Waals surface area (Å²) in [5, 5.41) is 20.7. The Kier molecular flexibility index (Phi) is 6.05. The Labute approximate surface area is 139 Å². The zero-order valence-corrected chi connectivity index (χ0v) is 13.5. The van der Waals surface area contributed by atoms with Crippen molar-refractivity contribution >= 4 is 11.7 Å². The van der Waals surface area contributed by atoms with Crippen LogP contribution in [0, 0.1) is 5.82 Å². The molecule has 0 radical (unpaired) electrons. The highest BCUT2D eigenvalue weighted by atomic mass is 19.1. The Morgan fingerprint density at radius 3 is 2.75 bits per heavy atom. The van der Waals surface area contributed by atoms with Gasteiger partial charge in [0.05, 0.1) is 31.3 Å². The molecule has 1 aromatic carbocycles. The second kappa shape index (κ2) is 8.03. The number of rotatable bonds is 8. The Morgan fingerprint density at radius 1 is 1.38 bits per heavy atom. The summed E-state index contributed by atoms with van der Waals surface area (Å²) in [5.41, 5.74) is 0.460. The molecule has 0 spiro atoms. The van der Waals surface area contributed by atoms with Crippen LogP contribution in [0.4, 0.5) is 4.39 Å². The zero-order valence-electron chi connectivity index (χ0n) is 13.5. The monoisotopic (exact) mass is 337 g/mol. The molecule has 1 atom stereocenters. The molecule has 24 heavy (non-hydrogen) atoms. The Bertz CT molecular complexity index is 660. The molecule has 1 aromatic rings. The highest BCUT2D eigenvalue weighted by molar-refractivity contribution is 6.08. The highest BCUT2D eigenvalue weighted by Crippen LogP contribution is 2.37. The number of nitrogens with zero attached hydrogens (tertiary/aromatic N) is 1. The van der Waals surface area contributed by atoms with E-state index in [1.165, 1.54) is 30.0 Å². The molecule has 0 fully saturated rings. The first-order chi connectivity index (χ1) is 11.5. The summed E-state index contributed by atoms with van der Waals surface area (Å²) in [6.07, 6.45) is 0.621. The van der Waals surface area contributed by atoms with Gasteiger partial charge in [0.25, 0.3) is 5.91 Å². The first kappa shape index (κ1) is 18.1. The summed E-state index contributed by atoms with van der Waals surface area (Å²) in [7, 11) is 0. The summed E-state index contributed by atoms with van der Waals surface area (Å²) < 4.78 is 13.6. The van der Waals surface area contributed by atoms with Crippen molar-refractivity contribution in [1.82, 2.24) is 4.90 Å². The summed E-state index contributed by atoms with van der Waals surface area (Å²) in [6.45, 7) is 2.94. The number of benzene rings is 1. The molecule has 1 amide bonds. The van der Waals surface area contributed by atoms with E-state index in [0.29, 0.717) is 31.6 Å². The number of nitrogens with two attached hydrogens (primary N) is 1. The smallest absolute Gasteiger partial charge is 0.290 e. The average molecular weight is 337 g/mol. The van der Waals surface area contributed by atoms with Crippen LogP contribution in [-0.4, -0.2) is 53.0 Å². The number of aliphatic hydroxyl groups is 2. The fourth-order valence-corrected chi connectivity index (χ4v) is 2.91. The molecule has 0 bridgehead atoms. The van der Waals surface area contributed by atoms with Crippen molar-refractivity contribution in [2.75, 3.05) is 26.2 Å². The van der Waals surface area contributed by atoms with Gasteiger partial charge in [-0.05, 0) is 24.6 Å². The van der Waals surface area contributed by atoms with Gasteiger partial charge in [-0.1, -0.05) is 12.1 Å². The number of hydrogen-bond acceptors (Lipinski definition) is 4. The van der Waals surface area contributed by atoms with Crippen molar-refractivity contribution in [3.05, 3.63) is 47.0 Å². The van der Waals surface area contributed by atoms with Crippen LogP contribution in [0.2, 0.25) is 0 Å². The van der Waals surface area contributed by atoms with Crippen LogP contribution in [-0.2, 0) is 9.59 Å². The average Bonchev–Trinajstić information content (AvgIpc) is 2.79. The molecular weight excluding hydrogens is 315 g/mol. The number of hydrogen-bond donors (Lipinski definition) is 3. The molecule has 6 nitrogen and oxygen atoms in total. The predicted molar refractivity (Wildman–Crippen MR) is 84.6 cm³/mol. The molecule has 0 aliphatic carbocycles. The topological polar surface area (TPSA) is 94.5 Å². The Hall–Kier alpha value is -2.25. The first-order valence-electron chi connectivity index (χ1n) is 7.90. The fraction of sp³-hybridized carbons (Fsp3) is 0.412. The normalized spacial score (nSPS) is 17.7. The van der Waals surface area contributed by atoms with E-state index in [0.717, 1.165) is 0 Å². The largest absolute Gasteiger partial charge is 0.503 e. The predicted octanol–water partition coefficient (Wildman–Crippen LogP) is 0.0559. The van der Waals surface area contributed by atoms with E-state index in [1.54, 1.807) is 6.07 Å². The van der Waals surface area contributed by atoms with Crippen LogP contribution in [0.1, 0.15) is 24.9 Å². The Morgan fingerprint density at radius 2 is 2.12 bits per heavy atom. The van der Waals surface area contributed by atoms with E-state index in [9.17, 15) is 19.1 Å². The summed E-state index contributed by atoms with van der Waals surface area (Å²) in [6, 6.07) is 4.92. The quantitative estimate of drug-likeness (QED) is 0.585. The third-order valence-corrected chi connectivity index (χ3v) is 3.99. The van der Waals surface area contributed by atoms with Crippen molar-refractivity contribution in [2.24, 2.45) is 0 Å². The molecular formula is C17H22FN2O4+. The van der Waals surface area contributed by atoms with Crippen LogP contribution in [0.5, 0.6) is 0 Å². The minimum atomic E-state index is -0.774.